The van der Waals surface area contributed by atoms with Crippen molar-refractivity contribution in [2.24, 2.45) is 0 Å². The minimum absolute atomic E-state index is 0.0352. The maximum Gasteiger partial charge on any atom is 0.289 e. The maximum absolute atomic E-state index is 12.0. The highest BCUT2D eigenvalue weighted by Gasteiger charge is 2.45. The lowest BCUT2D eigenvalue weighted by Crippen LogP contribution is -2.62. The van der Waals surface area contributed by atoms with Gasteiger partial charge in [-0.2, -0.15) is 0 Å². The van der Waals surface area contributed by atoms with Crippen LogP contribution in [0.5, 0.6) is 0 Å². The van der Waals surface area contributed by atoms with Gasteiger partial charge in [-0.05, 0) is 32.0 Å². The molecule has 0 bridgehead atoms. The zero-order valence-electron chi connectivity index (χ0n) is 8.69. The summed E-state index contributed by atoms with van der Waals surface area (Å²) in [7, 11) is 0. The number of aryl methyl sites for hydroxylation is 1. The van der Waals surface area contributed by atoms with E-state index in [0.717, 1.165) is 25.3 Å². The van der Waals surface area contributed by atoms with Gasteiger partial charge in [0.1, 0.15) is 5.76 Å². The molecule has 1 amide bonds. The zero-order chi connectivity index (χ0) is 10.4. The third-order valence-corrected chi connectivity index (χ3v) is 3.32. The number of likely N-dealkylation sites (tertiary alicyclic amines) is 1. The Morgan fingerprint density at radius 2 is 2.47 bits per heavy atom. The predicted octanol–water partition coefficient (Wildman–Crippen LogP) is 0.774. The number of fused-ring (bicyclic) bond motifs is 1. The van der Waals surface area contributed by atoms with Crippen molar-refractivity contribution in [3.63, 3.8) is 0 Å². The van der Waals surface area contributed by atoms with Crippen LogP contribution < -0.4 is 5.32 Å². The molecule has 2 fully saturated rings. The number of nitrogens with zero attached hydrogens (tertiary/aromatic N) is 1. The summed E-state index contributed by atoms with van der Waals surface area (Å²) in [6, 6.07) is 4.50. The van der Waals surface area contributed by atoms with Crippen LogP contribution in [-0.2, 0) is 0 Å². The molecule has 4 nitrogen and oxygen atoms in total. The number of furan rings is 1. The van der Waals surface area contributed by atoms with Crippen molar-refractivity contribution in [1.82, 2.24) is 10.2 Å². The third kappa shape index (κ3) is 1.28. The van der Waals surface area contributed by atoms with Crippen molar-refractivity contribution >= 4 is 5.91 Å². The van der Waals surface area contributed by atoms with E-state index in [1.54, 1.807) is 6.07 Å². The number of rotatable bonds is 1. The van der Waals surface area contributed by atoms with Crippen LogP contribution in [0, 0.1) is 6.92 Å². The molecule has 15 heavy (non-hydrogen) atoms. The van der Waals surface area contributed by atoms with Crippen molar-refractivity contribution in [3.05, 3.63) is 23.7 Å². The molecular formula is C11H14N2O2. The molecule has 2 unspecified atom stereocenters. The molecule has 1 aromatic rings. The van der Waals surface area contributed by atoms with Crippen molar-refractivity contribution < 1.29 is 9.21 Å². The lowest BCUT2D eigenvalue weighted by atomic mass is 9.97. The van der Waals surface area contributed by atoms with Gasteiger partial charge in [0, 0.05) is 12.6 Å². The van der Waals surface area contributed by atoms with Gasteiger partial charge >= 0.3 is 0 Å². The van der Waals surface area contributed by atoms with E-state index in [-0.39, 0.29) is 5.91 Å². The monoisotopic (exact) mass is 206 g/mol. The molecule has 4 heteroatoms. The Kier molecular flexibility index (Phi) is 1.85. The first-order valence-corrected chi connectivity index (χ1v) is 5.36. The second-order valence-electron chi connectivity index (χ2n) is 4.28. The van der Waals surface area contributed by atoms with Crippen LogP contribution in [0.1, 0.15) is 22.7 Å². The molecular weight excluding hydrogens is 192 g/mol. The van der Waals surface area contributed by atoms with Crippen LogP contribution in [-0.4, -0.2) is 36.0 Å². The molecule has 0 spiro atoms. The van der Waals surface area contributed by atoms with E-state index in [1.165, 1.54) is 0 Å². The Morgan fingerprint density at radius 1 is 1.60 bits per heavy atom. The molecule has 2 saturated heterocycles. The molecule has 0 aliphatic carbocycles. The van der Waals surface area contributed by atoms with Crippen molar-refractivity contribution in [3.8, 4) is 0 Å². The minimum atomic E-state index is 0.0352. The SMILES string of the molecule is Cc1ccc(C(=O)N2CC3NCCC32)o1. The summed E-state index contributed by atoms with van der Waals surface area (Å²) in [5.41, 5.74) is 0. The topological polar surface area (TPSA) is 45.5 Å². The summed E-state index contributed by atoms with van der Waals surface area (Å²) < 4.78 is 5.34. The van der Waals surface area contributed by atoms with Crippen LogP contribution in [0.3, 0.4) is 0 Å². The molecule has 80 valence electrons. The summed E-state index contributed by atoms with van der Waals surface area (Å²) in [5.74, 6) is 1.30. The number of nitrogens with one attached hydrogen (secondary N) is 1. The van der Waals surface area contributed by atoms with E-state index in [9.17, 15) is 4.79 Å². The lowest BCUT2D eigenvalue weighted by Gasteiger charge is -2.43. The second kappa shape index (κ2) is 3.10. The average Bonchev–Trinajstić information content (AvgIpc) is 2.74. The van der Waals surface area contributed by atoms with E-state index in [1.807, 2.05) is 17.9 Å². The summed E-state index contributed by atoms with van der Waals surface area (Å²) in [6.45, 7) is 3.70. The molecule has 0 saturated carbocycles. The quantitative estimate of drug-likeness (QED) is 0.738. The van der Waals surface area contributed by atoms with Gasteiger partial charge in [-0.15, -0.1) is 0 Å². The molecule has 2 aliphatic rings. The van der Waals surface area contributed by atoms with Gasteiger partial charge in [-0.1, -0.05) is 0 Å². The van der Waals surface area contributed by atoms with Gasteiger partial charge in [0.15, 0.2) is 5.76 Å². The van der Waals surface area contributed by atoms with E-state index < -0.39 is 0 Å². The predicted molar refractivity (Wildman–Crippen MR) is 54.7 cm³/mol. The molecule has 0 aromatic carbocycles. The first-order valence-electron chi connectivity index (χ1n) is 5.36. The maximum atomic E-state index is 12.0. The van der Waals surface area contributed by atoms with Crippen LogP contribution >= 0.6 is 0 Å². The summed E-state index contributed by atoms with van der Waals surface area (Å²) in [5, 5.41) is 3.37. The van der Waals surface area contributed by atoms with E-state index in [2.05, 4.69) is 5.32 Å². The van der Waals surface area contributed by atoms with Gasteiger partial charge in [-0.3, -0.25) is 4.79 Å². The van der Waals surface area contributed by atoms with Gasteiger partial charge in [0.25, 0.3) is 5.91 Å². The molecule has 0 radical (unpaired) electrons. The molecule has 3 heterocycles. The number of carbonyl (C=O) groups is 1. The van der Waals surface area contributed by atoms with Gasteiger partial charge in [0.2, 0.25) is 0 Å². The Balaban J connectivity index is 1.76. The molecule has 1 aromatic heterocycles. The van der Waals surface area contributed by atoms with Crippen molar-refractivity contribution in [2.75, 3.05) is 13.1 Å². The molecule has 2 atom stereocenters. The Labute approximate surface area is 88.2 Å². The van der Waals surface area contributed by atoms with Crippen LogP contribution in [0.2, 0.25) is 0 Å². The van der Waals surface area contributed by atoms with E-state index >= 15 is 0 Å². The summed E-state index contributed by atoms with van der Waals surface area (Å²) in [6.07, 6.45) is 1.07. The van der Waals surface area contributed by atoms with Crippen molar-refractivity contribution in [2.45, 2.75) is 25.4 Å². The fraction of sp³-hybridized carbons (Fsp3) is 0.545. The van der Waals surface area contributed by atoms with Crippen LogP contribution in [0.15, 0.2) is 16.5 Å². The Hall–Kier alpha value is -1.29. The first-order chi connectivity index (χ1) is 7.25. The van der Waals surface area contributed by atoms with Crippen LogP contribution in [0.4, 0.5) is 0 Å². The van der Waals surface area contributed by atoms with Gasteiger partial charge < -0.3 is 14.6 Å². The van der Waals surface area contributed by atoms with E-state index in [0.29, 0.717) is 17.8 Å². The van der Waals surface area contributed by atoms with Gasteiger partial charge in [0.05, 0.1) is 6.04 Å². The Morgan fingerprint density at radius 3 is 3.13 bits per heavy atom. The van der Waals surface area contributed by atoms with E-state index in [4.69, 9.17) is 4.42 Å². The second-order valence-corrected chi connectivity index (χ2v) is 4.28. The number of hydrogen-bond donors (Lipinski definition) is 1. The standard InChI is InChI=1S/C11H14N2O2/c1-7-2-3-10(15-7)11(14)13-6-8-9(13)4-5-12-8/h2-3,8-9,12H,4-6H2,1H3. The molecule has 2 aliphatic heterocycles. The lowest BCUT2D eigenvalue weighted by molar-refractivity contribution is 0.0378. The average molecular weight is 206 g/mol. The largest absolute Gasteiger partial charge is 0.456 e. The fourth-order valence-electron chi connectivity index (χ4n) is 2.45. The summed E-state index contributed by atoms with van der Waals surface area (Å²) in [4.78, 5) is 13.9. The van der Waals surface area contributed by atoms with Gasteiger partial charge in [-0.25, -0.2) is 0 Å². The Bertz CT molecular complexity index is 399. The minimum Gasteiger partial charge on any atom is -0.456 e. The zero-order valence-corrected chi connectivity index (χ0v) is 8.69. The molecule has 1 N–H and O–H groups in total. The third-order valence-electron chi connectivity index (χ3n) is 3.32. The smallest absolute Gasteiger partial charge is 0.289 e. The van der Waals surface area contributed by atoms with Crippen molar-refractivity contribution in [1.29, 1.82) is 0 Å². The summed E-state index contributed by atoms with van der Waals surface area (Å²) >= 11 is 0. The normalized spacial score (nSPS) is 28.7. The molecule has 3 rings (SSSR count). The highest BCUT2D eigenvalue weighted by atomic mass is 16.3. The first kappa shape index (κ1) is 8.97. The highest BCUT2D eigenvalue weighted by molar-refractivity contribution is 5.92. The number of amides is 1. The van der Waals surface area contributed by atoms with Crippen LogP contribution in [0.25, 0.3) is 0 Å². The number of hydrogen-bond acceptors (Lipinski definition) is 3. The fourth-order valence-corrected chi connectivity index (χ4v) is 2.45. The highest BCUT2D eigenvalue weighted by Crippen LogP contribution is 2.27. The number of carbonyl (C=O) groups excluding carboxylic acids is 1.